The summed E-state index contributed by atoms with van der Waals surface area (Å²) in [6.07, 6.45) is 0. The quantitative estimate of drug-likeness (QED) is 0.156. The second-order valence-corrected chi connectivity index (χ2v) is 21.0. The van der Waals surface area contributed by atoms with E-state index in [0.717, 1.165) is 27.8 Å². The number of benzene rings is 4. The fraction of sp³-hybridized carbons (Fsp3) is 0.250. The molecule has 0 aliphatic carbocycles. The van der Waals surface area contributed by atoms with E-state index in [-0.39, 0.29) is 4.90 Å². The molecule has 0 N–H and O–H groups in total. The maximum absolute atomic E-state index is 12.6. The van der Waals surface area contributed by atoms with Crippen LogP contribution in [0.15, 0.2) is 93.5 Å². The van der Waals surface area contributed by atoms with Crippen LogP contribution in [-0.4, -0.2) is 28.2 Å². The van der Waals surface area contributed by atoms with Gasteiger partial charge in [0.05, 0.1) is 14.7 Å². The Bertz CT molecular complexity index is 1700. The van der Waals surface area contributed by atoms with Crippen molar-refractivity contribution in [3.8, 4) is 0 Å². The van der Waals surface area contributed by atoms with Crippen molar-refractivity contribution in [2.75, 3.05) is 0 Å². The van der Waals surface area contributed by atoms with Gasteiger partial charge in [-0.25, -0.2) is 47.0 Å². The van der Waals surface area contributed by atoms with E-state index in [2.05, 4.69) is 39.0 Å². The van der Waals surface area contributed by atoms with Gasteiger partial charge >= 0.3 is 11.4 Å². The van der Waals surface area contributed by atoms with Gasteiger partial charge in [-0.05, 0) is 114 Å². The maximum atomic E-state index is 12.6. The molecule has 0 fully saturated rings. The molecule has 0 spiro atoms. The molecule has 0 aromatic heterocycles. The van der Waals surface area contributed by atoms with Crippen molar-refractivity contribution in [3.05, 3.63) is 123 Å². The molecule has 232 valence electrons. The Kier molecular flexibility index (Phi) is 16.4. The first-order valence-corrected chi connectivity index (χ1v) is 22.2. The zero-order chi connectivity index (χ0) is 33.1. The van der Waals surface area contributed by atoms with Crippen molar-refractivity contribution >= 4 is 71.1 Å². The van der Waals surface area contributed by atoms with Gasteiger partial charge in [-0.2, -0.15) is 0 Å². The predicted molar refractivity (Wildman–Crippen MR) is 185 cm³/mol. The van der Waals surface area contributed by atoms with Crippen molar-refractivity contribution in [3.63, 3.8) is 0 Å². The topological polar surface area (TPSA) is 68.3 Å². The molecule has 4 nitrogen and oxygen atoms in total. The number of hydrogen-bond acceptors (Lipinski definition) is 4. The fourth-order valence-corrected chi connectivity index (χ4v) is 5.99. The number of sulfone groups is 1. The van der Waals surface area contributed by atoms with E-state index in [1.54, 1.807) is 30.3 Å². The second kappa shape index (κ2) is 17.8. The lowest BCUT2D eigenvalue weighted by Gasteiger charge is -2.11. The Hall–Kier alpha value is -1.53. The van der Waals surface area contributed by atoms with Gasteiger partial charge in [0.15, 0.2) is 0 Å². The molecule has 4 rings (SSSR count). The van der Waals surface area contributed by atoms with Crippen LogP contribution in [0.25, 0.3) is 0 Å². The summed E-state index contributed by atoms with van der Waals surface area (Å²) in [4.78, 5) is 0.897. The average molecular weight is 719 g/mol. The first kappa shape index (κ1) is 39.5. The van der Waals surface area contributed by atoms with Crippen molar-refractivity contribution < 1.29 is 16.8 Å². The lowest BCUT2D eigenvalue weighted by atomic mass is 10.1. The van der Waals surface area contributed by atoms with E-state index >= 15 is 0 Å². The summed E-state index contributed by atoms with van der Waals surface area (Å²) in [7, 11) is 12.9. The molecule has 0 saturated heterocycles. The van der Waals surface area contributed by atoms with E-state index in [0.29, 0.717) is 9.79 Å². The van der Waals surface area contributed by atoms with Crippen LogP contribution in [0.2, 0.25) is 0 Å². The first-order chi connectivity index (χ1) is 19.7. The highest BCUT2D eigenvalue weighted by Gasteiger charge is 2.20. The molecule has 0 bridgehead atoms. The molecule has 0 heterocycles. The van der Waals surface area contributed by atoms with Crippen molar-refractivity contribution in [2.45, 2.75) is 70.1 Å². The molecular weight excluding hydrogens is 681 g/mol. The monoisotopic (exact) mass is 716 g/mol. The largest absolute Gasteiger partial charge is 0.643 e. The Morgan fingerprint density at radius 2 is 0.837 bits per heavy atom. The summed E-state index contributed by atoms with van der Waals surface area (Å²) in [5, 5.41) is 0. The van der Waals surface area contributed by atoms with Gasteiger partial charge in [-0.15, -0.1) is 0 Å². The highest BCUT2D eigenvalue weighted by atomic mass is 35.8. The number of halogens is 4. The summed E-state index contributed by atoms with van der Waals surface area (Å²) in [6, 6.07) is 23.5. The van der Waals surface area contributed by atoms with Crippen LogP contribution in [0.1, 0.15) is 44.5 Å². The Balaban J connectivity index is 0.000000327. The molecule has 0 aliphatic rings. The van der Waals surface area contributed by atoms with Gasteiger partial charge in [-0.1, -0.05) is 65.2 Å². The van der Waals surface area contributed by atoms with Crippen LogP contribution in [0.5, 0.6) is 0 Å². The summed E-state index contributed by atoms with van der Waals surface area (Å²) in [5.41, 5.74) is 9.07. The minimum atomic E-state index is -3.55. The molecule has 0 radical (unpaired) electrons. The van der Waals surface area contributed by atoms with Crippen LogP contribution in [-0.2, 0) is 18.9 Å². The summed E-state index contributed by atoms with van der Waals surface area (Å²) >= 11 is -1.72. The lowest BCUT2D eigenvalue weighted by Crippen LogP contribution is -2.05. The van der Waals surface area contributed by atoms with Crippen LogP contribution in [0.4, 0.5) is 0 Å². The third-order valence-corrected chi connectivity index (χ3v) is 9.66. The Labute approximate surface area is 279 Å². The normalized spacial score (nSPS) is 10.7. The lowest BCUT2D eigenvalue weighted by molar-refractivity contribution is 0.595. The molecule has 0 aliphatic heterocycles. The van der Waals surface area contributed by atoms with Gasteiger partial charge in [0.2, 0.25) is 9.84 Å². The second-order valence-electron chi connectivity index (χ2n) is 10.1. The summed E-state index contributed by atoms with van der Waals surface area (Å²) in [5.74, 6) is 0. The van der Waals surface area contributed by atoms with E-state index < -0.39 is 30.3 Å². The number of hydrogen-bond donors (Lipinski definition) is 0. The van der Waals surface area contributed by atoms with Crippen LogP contribution < -0.4 is 0 Å². The maximum Gasteiger partial charge on any atom is 0.643 e. The number of rotatable bonds is 3. The van der Waals surface area contributed by atoms with Crippen LogP contribution in [0.3, 0.4) is 0 Å². The standard InChI is InChI=1S/C16H18O2S.C9H12.C7H7ClO2S.Al.3ClH/c1-11-5-7-15(8-6-11)19(17,18)16-10-13(3)12(2)9-14(16)4;1-7-4-5-8(2)9(3)6-7;1-6-2-4-7(5-3-6)11(8,9)10;;;;/h5-10H,1-4H3;4-6H,1-3H3;2-5H,1H3;;3*1H/q;;;+3;;;/p-3. The summed E-state index contributed by atoms with van der Waals surface area (Å²) in [6.45, 7) is 16.0. The highest BCUT2D eigenvalue weighted by molar-refractivity contribution is 8.13. The van der Waals surface area contributed by atoms with Gasteiger partial charge in [0, 0.05) is 10.7 Å². The Morgan fingerprint density at radius 1 is 0.465 bits per heavy atom. The van der Waals surface area contributed by atoms with Gasteiger partial charge in [0.1, 0.15) is 0 Å². The average Bonchev–Trinajstić information content (AvgIpc) is 2.89. The smallest absolute Gasteiger partial charge is 0.219 e. The van der Waals surface area contributed by atoms with Crippen LogP contribution >= 0.6 is 40.8 Å². The third kappa shape index (κ3) is 14.0. The van der Waals surface area contributed by atoms with Crippen LogP contribution in [0, 0.1) is 55.4 Å². The van der Waals surface area contributed by atoms with Crippen molar-refractivity contribution in [1.82, 2.24) is 0 Å². The molecule has 0 unspecified atom stereocenters. The minimum absolute atomic E-state index is 0.143. The predicted octanol–water partition coefficient (Wildman–Crippen LogP) is 9.98. The first-order valence-electron chi connectivity index (χ1n) is 13.1. The molecular formula is C32H37AlCl4O4S2. The molecule has 11 heteroatoms. The van der Waals surface area contributed by atoms with E-state index in [4.69, 9.17) is 40.8 Å². The van der Waals surface area contributed by atoms with Gasteiger partial charge in [0.25, 0.3) is 9.05 Å². The molecule has 0 amide bonds. The van der Waals surface area contributed by atoms with Crippen molar-refractivity contribution in [1.29, 1.82) is 0 Å². The molecule has 43 heavy (non-hydrogen) atoms. The molecule has 4 aromatic rings. The fourth-order valence-electron chi connectivity index (χ4n) is 3.66. The zero-order valence-corrected chi connectivity index (χ0v) is 31.4. The number of aryl methyl sites for hydroxylation is 8. The Morgan fingerprint density at radius 3 is 1.23 bits per heavy atom. The molecule has 0 saturated carbocycles. The van der Waals surface area contributed by atoms with E-state index in [9.17, 15) is 16.8 Å². The minimum Gasteiger partial charge on any atom is -0.219 e. The van der Waals surface area contributed by atoms with Gasteiger partial charge in [-0.3, -0.25) is 0 Å². The SMILES string of the molecule is Cc1ccc(C)c(C)c1.Cc1ccc(S(=O)(=O)Cl)cc1.Cc1ccc(S(=O)(=O)c2cc(C)c(C)cc2C)cc1.[Cl][Al]([Cl])[Cl]. The van der Waals surface area contributed by atoms with Gasteiger partial charge < -0.3 is 0 Å². The molecule has 4 aromatic carbocycles. The van der Waals surface area contributed by atoms with E-state index in [1.165, 1.54) is 28.8 Å². The van der Waals surface area contributed by atoms with E-state index in [1.807, 2.05) is 52.8 Å². The zero-order valence-electron chi connectivity index (χ0n) is 25.5. The molecule has 0 atom stereocenters. The third-order valence-electron chi connectivity index (χ3n) is 6.38. The van der Waals surface area contributed by atoms with Crippen molar-refractivity contribution in [2.24, 2.45) is 0 Å². The summed E-state index contributed by atoms with van der Waals surface area (Å²) < 4.78 is 46.7. The highest BCUT2D eigenvalue weighted by Crippen LogP contribution is 2.26.